The summed E-state index contributed by atoms with van der Waals surface area (Å²) in [5.74, 6) is 0.729. The van der Waals surface area contributed by atoms with Crippen molar-refractivity contribution in [3.8, 4) is 11.4 Å². The maximum Gasteiger partial charge on any atom is 0.234 e. The lowest BCUT2D eigenvalue weighted by Crippen LogP contribution is -2.15. The minimum absolute atomic E-state index is 0.136. The number of aromatic nitrogens is 3. The van der Waals surface area contributed by atoms with E-state index in [9.17, 15) is 4.79 Å². The van der Waals surface area contributed by atoms with Crippen LogP contribution in [0.2, 0.25) is 10.0 Å². The van der Waals surface area contributed by atoms with E-state index >= 15 is 0 Å². The molecule has 1 heterocycles. The summed E-state index contributed by atoms with van der Waals surface area (Å²) in [7, 11) is 1.85. The van der Waals surface area contributed by atoms with E-state index in [1.54, 1.807) is 18.2 Å². The summed E-state index contributed by atoms with van der Waals surface area (Å²) >= 11 is 13.5. The number of carbonyl (C=O) groups is 1. The zero-order valence-corrected chi connectivity index (χ0v) is 16.5. The Kier molecular flexibility index (Phi) is 5.86. The Hall–Kier alpha value is -2.02. The monoisotopic (exact) mass is 406 g/mol. The Balaban J connectivity index is 1.68. The van der Waals surface area contributed by atoms with Crippen LogP contribution in [0.1, 0.15) is 5.56 Å². The molecule has 0 unspecified atom stereocenters. The van der Waals surface area contributed by atoms with Crippen LogP contribution in [0.4, 0.5) is 5.69 Å². The Bertz CT molecular complexity index is 958. The number of hydrogen-bond donors (Lipinski definition) is 1. The molecule has 0 aliphatic heterocycles. The average molecular weight is 407 g/mol. The van der Waals surface area contributed by atoms with Crippen LogP contribution in [0.3, 0.4) is 0 Å². The molecule has 0 aliphatic rings. The van der Waals surface area contributed by atoms with E-state index in [1.165, 1.54) is 11.8 Å². The number of nitrogens with zero attached hydrogens (tertiary/aromatic N) is 3. The maximum atomic E-state index is 12.2. The summed E-state index contributed by atoms with van der Waals surface area (Å²) in [6, 6.07) is 12.8. The van der Waals surface area contributed by atoms with Crippen molar-refractivity contribution in [1.82, 2.24) is 14.8 Å². The second kappa shape index (κ2) is 8.12. The van der Waals surface area contributed by atoms with Crippen molar-refractivity contribution < 1.29 is 4.79 Å². The van der Waals surface area contributed by atoms with E-state index < -0.39 is 0 Å². The number of halogens is 2. The van der Waals surface area contributed by atoms with Crippen molar-refractivity contribution in [2.75, 3.05) is 11.1 Å². The molecule has 3 rings (SSSR count). The first kappa shape index (κ1) is 18.8. The lowest BCUT2D eigenvalue weighted by Gasteiger charge is -2.09. The molecule has 5 nitrogen and oxygen atoms in total. The molecule has 1 amide bonds. The molecule has 8 heteroatoms. The summed E-state index contributed by atoms with van der Waals surface area (Å²) in [5, 5.41) is 13.0. The van der Waals surface area contributed by atoms with Gasteiger partial charge in [0.1, 0.15) is 0 Å². The zero-order chi connectivity index (χ0) is 18.7. The predicted octanol–water partition coefficient (Wildman–Crippen LogP) is 4.83. The van der Waals surface area contributed by atoms with E-state index in [0.29, 0.717) is 26.7 Å². The zero-order valence-electron chi connectivity index (χ0n) is 14.2. The number of thioether (sulfide) groups is 1. The normalized spacial score (nSPS) is 10.8. The van der Waals surface area contributed by atoms with Gasteiger partial charge in [-0.2, -0.15) is 0 Å². The highest BCUT2D eigenvalue weighted by Crippen LogP contribution is 2.28. The smallest absolute Gasteiger partial charge is 0.234 e. The molecule has 0 saturated heterocycles. The minimum Gasteiger partial charge on any atom is -0.325 e. The summed E-state index contributed by atoms with van der Waals surface area (Å²) in [4.78, 5) is 12.2. The molecule has 0 atom stereocenters. The Morgan fingerprint density at radius 3 is 2.73 bits per heavy atom. The quantitative estimate of drug-likeness (QED) is 0.616. The molecular formula is C18H16Cl2N4OS. The van der Waals surface area contributed by atoms with Gasteiger partial charge in [0.2, 0.25) is 5.91 Å². The van der Waals surface area contributed by atoms with Crippen LogP contribution in [-0.4, -0.2) is 26.4 Å². The molecule has 1 aromatic heterocycles. The van der Waals surface area contributed by atoms with Crippen LogP contribution >= 0.6 is 35.0 Å². The molecule has 0 saturated carbocycles. The topological polar surface area (TPSA) is 59.8 Å². The molecular weight excluding hydrogens is 391 g/mol. The number of rotatable bonds is 5. The fraction of sp³-hybridized carbons (Fsp3) is 0.167. The van der Waals surface area contributed by atoms with Crippen molar-refractivity contribution in [3.05, 3.63) is 58.1 Å². The summed E-state index contributed by atoms with van der Waals surface area (Å²) < 4.78 is 1.82. The number of benzene rings is 2. The van der Waals surface area contributed by atoms with E-state index in [1.807, 2.05) is 42.8 Å². The number of anilines is 1. The van der Waals surface area contributed by atoms with Crippen LogP contribution in [0, 0.1) is 6.92 Å². The number of carbonyl (C=O) groups excluding carboxylic acids is 1. The van der Waals surface area contributed by atoms with Gasteiger partial charge < -0.3 is 9.88 Å². The molecule has 3 aromatic rings. The minimum atomic E-state index is -0.136. The molecule has 2 aromatic carbocycles. The largest absolute Gasteiger partial charge is 0.325 e. The fourth-order valence-electron chi connectivity index (χ4n) is 2.36. The average Bonchev–Trinajstić information content (AvgIpc) is 2.97. The van der Waals surface area contributed by atoms with Crippen LogP contribution in [-0.2, 0) is 11.8 Å². The number of aryl methyl sites for hydroxylation is 1. The van der Waals surface area contributed by atoms with Crippen LogP contribution in [0.5, 0.6) is 0 Å². The SMILES string of the molecule is Cc1ccc(Cl)cc1NC(=O)CSc1nnc(-c2ccccc2Cl)n1C. The van der Waals surface area contributed by atoms with Crippen LogP contribution < -0.4 is 5.32 Å². The number of nitrogens with one attached hydrogen (secondary N) is 1. The van der Waals surface area contributed by atoms with Gasteiger partial charge in [0.15, 0.2) is 11.0 Å². The molecule has 0 radical (unpaired) electrons. The summed E-state index contributed by atoms with van der Waals surface area (Å²) in [5.41, 5.74) is 2.46. The fourth-order valence-corrected chi connectivity index (χ4v) is 3.47. The van der Waals surface area contributed by atoms with Crippen LogP contribution in [0.15, 0.2) is 47.6 Å². The third-order valence-electron chi connectivity index (χ3n) is 3.76. The van der Waals surface area contributed by atoms with Crippen molar-refractivity contribution in [2.24, 2.45) is 7.05 Å². The van der Waals surface area contributed by atoms with Crippen molar-refractivity contribution >= 4 is 46.6 Å². The first-order chi connectivity index (χ1) is 12.5. The Labute approximate surface area is 165 Å². The molecule has 0 aliphatic carbocycles. The first-order valence-corrected chi connectivity index (χ1v) is 9.53. The van der Waals surface area contributed by atoms with Gasteiger partial charge >= 0.3 is 0 Å². The van der Waals surface area contributed by atoms with E-state index in [0.717, 1.165) is 11.1 Å². The van der Waals surface area contributed by atoms with Gasteiger partial charge in [-0.15, -0.1) is 10.2 Å². The molecule has 0 spiro atoms. The second-order valence-electron chi connectivity index (χ2n) is 5.64. The molecule has 26 heavy (non-hydrogen) atoms. The lowest BCUT2D eigenvalue weighted by atomic mass is 10.2. The highest BCUT2D eigenvalue weighted by atomic mass is 35.5. The standard InChI is InChI=1S/C18H16Cl2N4OS/c1-11-7-8-12(19)9-15(11)21-16(25)10-26-18-23-22-17(24(18)2)13-5-3-4-6-14(13)20/h3-9H,10H2,1-2H3,(H,21,25). The molecule has 0 fully saturated rings. The highest BCUT2D eigenvalue weighted by molar-refractivity contribution is 7.99. The van der Waals surface area contributed by atoms with Gasteiger partial charge in [-0.3, -0.25) is 4.79 Å². The van der Waals surface area contributed by atoms with Gasteiger partial charge in [-0.1, -0.05) is 53.2 Å². The van der Waals surface area contributed by atoms with Crippen molar-refractivity contribution in [1.29, 1.82) is 0 Å². The number of hydrogen-bond acceptors (Lipinski definition) is 4. The highest BCUT2D eigenvalue weighted by Gasteiger charge is 2.15. The summed E-state index contributed by atoms with van der Waals surface area (Å²) in [6.45, 7) is 1.91. The lowest BCUT2D eigenvalue weighted by molar-refractivity contribution is -0.113. The van der Waals surface area contributed by atoms with E-state index in [2.05, 4.69) is 15.5 Å². The van der Waals surface area contributed by atoms with E-state index in [4.69, 9.17) is 23.2 Å². The van der Waals surface area contributed by atoms with Gasteiger partial charge in [-0.25, -0.2) is 0 Å². The Morgan fingerprint density at radius 1 is 1.19 bits per heavy atom. The van der Waals surface area contributed by atoms with Gasteiger partial charge in [0.25, 0.3) is 0 Å². The van der Waals surface area contributed by atoms with Crippen molar-refractivity contribution in [2.45, 2.75) is 12.1 Å². The predicted molar refractivity (Wildman–Crippen MR) is 107 cm³/mol. The third-order valence-corrected chi connectivity index (χ3v) is 5.34. The number of amides is 1. The third kappa shape index (κ3) is 4.20. The van der Waals surface area contributed by atoms with Crippen LogP contribution in [0.25, 0.3) is 11.4 Å². The maximum absolute atomic E-state index is 12.2. The second-order valence-corrected chi connectivity index (χ2v) is 7.43. The van der Waals surface area contributed by atoms with Gasteiger partial charge in [-0.05, 0) is 36.8 Å². The molecule has 1 N–H and O–H groups in total. The van der Waals surface area contributed by atoms with Crippen molar-refractivity contribution in [3.63, 3.8) is 0 Å². The van der Waals surface area contributed by atoms with E-state index in [-0.39, 0.29) is 11.7 Å². The Morgan fingerprint density at radius 2 is 1.96 bits per heavy atom. The molecule has 134 valence electrons. The van der Waals surface area contributed by atoms with Gasteiger partial charge in [0, 0.05) is 23.3 Å². The van der Waals surface area contributed by atoms with Gasteiger partial charge in [0.05, 0.1) is 10.8 Å². The molecule has 0 bridgehead atoms. The summed E-state index contributed by atoms with van der Waals surface area (Å²) in [6.07, 6.45) is 0. The first-order valence-electron chi connectivity index (χ1n) is 7.79.